The number of halogens is 1. The molecule has 3 nitrogen and oxygen atoms in total. The van der Waals surface area contributed by atoms with Gasteiger partial charge in [0.1, 0.15) is 11.6 Å². The molecule has 1 aliphatic rings. The highest BCUT2D eigenvalue weighted by Crippen LogP contribution is 2.28. The lowest BCUT2D eigenvalue weighted by molar-refractivity contribution is 0.437. The number of rotatable bonds is 2. The number of piperidine rings is 1. The molecule has 0 spiro atoms. The predicted octanol–water partition coefficient (Wildman–Crippen LogP) is 2.69. The minimum Gasteiger partial charge on any atom is -0.331 e. The van der Waals surface area contributed by atoms with Crippen LogP contribution in [-0.4, -0.2) is 22.6 Å². The standard InChI is InChI=1S/C15H18FN3/c1-19-14(11-2-4-13(16)5-3-11)10-18-15(19)12-6-8-17-9-7-12/h2-5,10,12,17H,6-9H2,1H3. The molecule has 1 saturated heterocycles. The zero-order chi connectivity index (χ0) is 13.2. The van der Waals surface area contributed by atoms with Crippen LogP contribution in [0.25, 0.3) is 11.3 Å². The van der Waals surface area contributed by atoms with Crippen molar-refractivity contribution in [2.24, 2.45) is 7.05 Å². The molecule has 0 bridgehead atoms. The maximum atomic E-state index is 13.0. The highest BCUT2D eigenvalue weighted by Gasteiger charge is 2.20. The van der Waals surface area contributed by atoms with Crippen LogP contribution in [0.1, 0.15) is 24.6 Å². The molecule has 1 fully saturated rings. The summed E-state index contributed by atoms with van der Waals surface area (Å²) in [6, 6.07) is 6.59. The van der Waals surface area contributed by atoms with Gasteiger partial charge in [-0.15, -0.1) is 0 Å². The molecule has 2 aromatic rings. The van der Waals surface area contributed by atoms with Gasteiger partial charge in [-0.3, -0.25) is 0 Å². The number of hydrogen-bond donors (Lipinski definition) is 1. The molecule has 1 aliphatic heterocycles. The van der Waals surface area contributed by atoms with E-state index < -0.39 is 0 Å². The summed E-state index contributed by atoms with van der Waals surface area (Å²) in [4.78, 5) is 4.58. The van der Waals surface area contributed by atoms with Crippen LogP contribution in [0.4, 0.5) is 4.39 Å². The van der Waals surface area contributed by atoms with Crippen LogP contribution < -0.4 is 5.32 Å². The van der Waals surface area contributed by atoms with E-state index in [2.05, 4.69) is 14.9 Å². The van der Waals surface area contributed by atoms with Crippen LogP contribution in [0.3, 0.4) is 0 Å². The van der Waals surface area contributed by atoms with E-state index in [1.54, 1.807) is 12.1 Å². The average Bonchev–Trinajstić information content (AvgIpc) is 2.83. The molecule has 0 radical (unpaired) electrons. The first-order valence-corrected chi connectivity index (χ1v) is 6.74. The number of benzene rings is 1. The lowest BCUT2D eigenvalue weighted by Gasteiger charge is -2.22. The van der Waals surface area contributed by atoms with Gasteiger partial charge in [0.15, 0.2) is 0 Å². The summed E-state index contributed by atoms with van der Waals surface area (Å²) in [5.74, 6) is 1.46. The van der Waals surface area contributed by atoms with Crippen molar-refractivity contribution < 1.29 is 4.39 Å². The Morgan fingerprint density at radius 3 is 2.58 bits per heavy atom. The van der Waals surface area contributed by atoms with Crippen LogP contribution in [0, 0.1) is 5.82 Å². The monoisotopic (exact) mass is 259 g/mol. The van der Waals surface area contributed by atoms with Crippen molar-refractivity contribution in [3.05, 3.63) is 42.1 Å². The van der Waals surface area contributed by atoms with E-state index in [1.165, 1.54) is 12.1 Å². The summed E-state index contributed by atoms with van der Waals surface area (Å²) in [6.07, 6.45) is 4.16. The van der Waals surface area contributed by atoms with Crippen molar-refractivity contribution in [1.29, 1.82) is 0 Å². The molecule has 19 heavy (non-hydrogen) atoms. The summed E-state index contributed by atoms with van der Waals surface area (Å²) < 4.78 is 15.1. The Labute approximate surface area is 112 Å². The van der Waals surface area contributed by atoms with Crippen molar-refractivity contribution in [3.63, 3.8) is 0 Å². The topological polar surface area (TPSA) is 29.9 Å². The van der Waals surface area contributed by atoms with E-state index in [9.17, 15) is 4.39 Å². The molecule has 0 aliphatic carbocycles. The Morgan fingerprint density at radius 2 is 1.89 bits per heavy atom. The van der Waals surface area contributed by atoms with E-state index in [1.807, 2.05) is 13.2 Å². The third kappa shape index (κ3) is 2.40. The van der Waals surface area contributed by atoms with E-state index in [0.717, 1.165) is 43.0 Å². The highest BCUT2D eigenvalue weighted by molar-refractivity contribution is 5.59. The summed E-state index contributed by atoms with van der Waals surface area (Å²) in [5.41, 5.74) is 2.06. The molecule has 0 unspecified atom stereocenters. The number of nitrogens with one attached hydrogen (secondary N) is 1. The van der Waals surface area contributed by atoms with E-state index in [0.29, 0.717) is 5.92 Å². The fourth-order valence-electron chi connectivity index (χ4n) is 2.77. The molecule has 100 valence electrons. The Morgan fingerprint density at radius 1 is 1.21 bits per heavy atom. The maximum Gasteiger partial charge on any atom is 0.123 e. The van der Waals surface area contributed by atoms with Gasteiger partial charge in [0.05, 0.1) is 11.9 Å². The van der Waals surface area contributed by atoms with Crippen molar-refractivity contribution in [1.82, 2.24) is 14.9 Å². The lowest BCUT2D eigenvalue weighted by atomic mass is 9.97. The van der Waals surface area contributed by atoms with E-state index >= 15 is 0 Å². The zero-order valence-electron chi connectivity index (χ0n) is 11.1. The van der Waals surface area contributed by atoms with Crippen LogP contribution in [0.15, 0.2) is 30.5 Å². The summed E-state index contributed by atoms with van der Waals surface area (Å²) in [5, 5.41) is 3.37. The second kappa shape index (κ2) is 5.13. The Balaban J connectivity index is 1.91. The van der Waals surface area contributed by atoms with Gasteiger partial charge in [-0.05, 0) is 55.8 Å². The van der Waals surface area contributed by atoms with Gasteiger partial charge < -0.3 is 9.88 Å². The quantitative estimate of drug-likeness (QED) is 0.898. The van der Waals surface area contributed by atoms with Gasteiger partial charge in [0.25, 0.3) is 0 Å². The van der Waals surface area contributed by atoms with Gasteiger partial charge in [0, 0.05) is 13.0 Å². The van der Waals surface area contributed by atoms with E-state index in [4.69, 9.17) is 0 Å². The summed E-state index contributed by atoms with van der Waals surface area (Å²) >= 11 is 0. The van der Waals surface area contributed by atoms with Crippen molar-refractivity contribution in [3.8, 4) is 11.3 Å². The second-order valence-electron chi connectivity index (χ2n) is 5.09. The molecule has 3 rings (SSSR count). The van der Waals surface area contributed by atoms with Gasteiger partial charge >= 0.3 is 0 Å². The van der Waals surface area contributed by atoms with Crippen LogP contribution >= 0.6 is 0 Å². The van der Waals surface area contributed by atoms with Crippen molar-refractivity contribution in [2.45, 2.75) is 18.8 Å². The lowest BCUT2D eigenvalue weighted by Crippen LogP contribution is -2.27. The molecule has 0 amide bonds. The normalized spacial score (nSPS) is 16.7. The molecule has 1 N–H and O–H groups in total. The SMILES string of the molecule is Cn1c(-c2ccc(F)cc2)cnc1C1CCNCC1. The van der Waals surface area contributed by atoms with Gasteiger partial charge in [0.2, 0.25) is 0 Å². The molecular weight excluding hydrogens is 241 g/mol. The third-order valence-corrected chi connectivity index (χ3v) is 3.87. The first-order chi connectivity index (χ1) is 9.25. The Bertz CT molecular complexity index is 553. The minimum atomic E-state index is -0.204. The number of hydrogen-bond acceptors (Lipinski definition) is 2. The zero-order valence-corrected chi connectivity index (χ0v) is 11.1. The Kier molecular flexibility index (Phi) is 3.34. The predicted molar refractivity (Wildman–Crippen MR) is 73.4 cm³/mol. The highest BCUT2D eigenvalue weighted by atomic mass is 19.1. The fourth-order valence-corrected chi connectivity index (χ4v) is 2.77. The Hall–Kier alpha value is -1.68. The second-order valence-corrected chi connectivity index (χ2v) is 5.09. The van der Waals surface area contributed by atoms with Crippen LogP contribution in [0.5, 0.6) is 0 Å². The number of imidazole rings is 1. The molecule has 4 heteroatoms. The van der Waals surface area contributed by atoms with Gasteiger partial charge in [-0.1, -0.05) is 0 Å². The average molecular weight is 259 g/mol. The van der Waals surface area contributed by atoms with Crippen LogP contribution in [0.2, 0.25) is 0 Å². The maximum absolute atomic E-state index is 13.0. The number of nitrogens with zero attached hydrogens (tertiary/aromatic N) is 2. The largest absolute Gasteiger partial charge is 0.331 e. The molecule has 0 saturated carbocycles. The van der Waals surface area contributed by atoms with Crippen LogP contribution in [-0.2, 0) is 7.05 Å². The first-order valence-electron chi connectivity index (χ1n) is 6.74. The van der Waals surface area contributed by atoms with Crippen molar-refractivity contribution >= 4 is 0 Å². The third-order valence-electron chi connectivity index (χ3n) is 3.87. The molecule has 0 atom stereocenters. The fraction of sp³-hybridized carbons (Fsp3) is 0.400. The molecular formula is C15H18FN3. The molecule has 1 aromatic carbocycles. The summed E-state index contributed by atoms with van der Waals surface area (Å²) in [7, 11) is 2.04. The summed E-state index contributed by atoms with van der Waals surface area (Å²) in [6.45, 7) is 2.12. The van der Waals surface area contributed by atoms with Gasteiger partial charge in [-0.25, -0.2) is 9.37 Å². The number of aromatic nitrogens is 2. The first kappa shape index (κ1) is 12.4. The molecule has 2 heterocycles. The van der Waals surface area contributed by atoms with Crippen molar-refractivity contribution in [2.75, 3.05) is 13.1 Å². The van der Waals surface area contributed by atoms with Gasteiger partial charge in [-0.2, -0.15) is 0 Å². The minimum absolute atomic E-state index is 0.204. The molecule has 1 aromatic heterocycles. The van der Waals surface area contributed by atoms with E-state index in [-0.39, 0.29) is 5.82 Å². The smallest absolute Gasteiger partial charge is 0.123 e.